The zero-order valence-corrected chi connectivity index (χ0v) is 9.60. The minimum atomic E-state index is -0.0237. The van der Waals surface area contributed by atoms with E-state index in [9.17, 15) is 4.79 Å². The summed E-state index contributed by atoms with van der Waals surface area (Å²) in [6.45, 7) is 3.86. The van der Waals surface area contributed by atoms with Gasteiger partial charge in [0.25, 0.3) is 5.56 Å². The van der Waals surface area contributed by atoms with Crippen LogP contribution in [0.1, 0.15) is 11.3 Å². The van der Waals surface area contributed by atoms with Crippen molar-refractivity contribution in [3.63, 3.8) is 0 Å². The third-order valence-corrected chi connectivity index (χ3v) is 3.31. The highest BCUT2D eigenvalue weighted by Gasteiger charge is 2.05. The molecule has 3 heteroatoms. The second kappa shape index (κ2) is 3.24. The molecule has 0 fully saturated rings. The predicted octanol–water partition coefficient (Wildman–Crippen LogP) is 2.91. The minimum absolute atomic E-state index is 0.0237. The van der Waals surface area contributed by atoms with Crippen LogP contribution in [0, 0.1) is 13.8 Å². The first-order valence-electron chi connectivity index (χ1n) is 4.38. The van der Waals surface area contributed by atoms with E-state index in [1.54, 1.807) is 0 Å². The molecule has 0 atom stereocenters. The molecule has 0 amide bonds. The molecule has 1 heterocycles. The fourth-order valence-corrected chi connectivity index (χ4v) is 1.98. The molecule has 0 aliphatic heterocycles. The highest BCUT2D eigenvalue weighted by molar-refractivity contribution is 9.10. The SMILES string of the molecule is Cc1ccc2c(Br)c(C)[nH]c(=O)c2c1. The molecule has 0 radical (unpaired) electrons. The molecule has 2 aromatic rings. The van der Waals surface area contributed by atoms with Crippen LogP contribution in [0.3, 0.4) is 0 Å². The molecule has 0 bridgehead atoms. The van der Waals surface area contributed by atoms with E-state index in [1.165, 1.54) is 0 Å². The summed E-state index contributed by atoms with van der Waals surface area (Å²) in [6, 6.07) is 5.88. The zero-order valence-electron chi connectivity index (χ0n) is 8.02. The number of aryl methyl sites for hydroxylation is 2. The molecule has 0 aliphatic carbocycles. The highest BCUT2D eigenvalue weighted by Crippen LogP contribution is 2.23. The maximum absolute atomic E-state index is 11.6. The molecule has 0 saturated carbocycles. The molecule has 72 valence electrons. The first kappa shape index (κ1) is 9.46. The van der Waals surface area contributed by atoms with Crippen LogP contribution in [0.4, 0.5) is 0 Å². The summed E-state index contributed by atoms with van der Waals surface area (Å²) in [5.74, 6) is 0. The zero-order chi connectivity index (χ0) is 10.3. The number of rotatable bonds is 0. The maximum Gasteiger partial charge on any atom is 0.256 e. The minimum Gasteiger partial charge on any atom is -0.325 e. The quantitative estimate of drug-likeness (QED) is 0.768. The summed E-state index contributed by atoms with van der Waals surface area (Å²) in [6.07, 6.45) is 0. The number of benzene rings is 1. The Labute approximate surface area is 90.1 Å². The molecule has 1 aromatic carbocycles. The summed E-state index contributed by atoms with van der Waals surface area (Å²) in [5, 5.41) is 1.71. The Balaban J connectivity index is 3.02. The number of nitrogens with one attached hydrogen (secondary N) is 1. The topological polar surface area (TPSA) is 32.9 Å². The van der Waals surface area contributed by atoms with E-state index in [0.29, 0.717) is 0 Å². The van der Waals surface area contributed by atoms with E-state index in [-0.39, 0.29) is 5.56 Å². The number of fused-ring (bicyclic) bond motifs is 1. The van der Waals surface area contributed by atoms with Crippen LogP contribution in [0.25, 0.3) is 10.8 Å². The second-order valence-corrected chi connectivity index (χ2v) is 4.24. The molecule has 0 saturated heterocycles. The van der Waals surface area contributed by atoms with Gasteiger partial charge in [-0.25, -0.2) is 0 Å². The van der Waals surface area contributed by atoms with Crippen molar-refractivity contribution >= 4 is 26.7 Å². The average Bonchev–Trinajstić information content (AvgIpc) is 2.14. The normalized spacial score (nSPS) is 10.8. The van der Waals surface area contributed by atoms with Crippen LogP contribution in [-0.4, -0.2) is 4.98 Å². The van der Waals surface area contributed by atoms with Gasteiger partial charge in [0.2, 0.25) is 0 Å². The van der Waals surface area contributed by atoms with Crippen molar-refractivity contribution in [3.8, 4) is 0 Å². The Hall–Kier alpha value is -1.09. The monoisotopic (exact) mass is 251 g/mol. The van der Waals surface area contributed by atoms with Crippen LogP contribution in [0.15, 0.2) is 27.5 Å². The van der Waals surface area contributed by atoms with Gasteiger partial charge in [0.15, 0.2) is 0 Å². The number of pyridine rings is 1. The molecule has 0 spiro atoms. The van der Waals surface area contributed by atoms with E-state index in [0.717, 1.165) is 26.5 Å². The van der Waals surface area contributed by atoms with E-state index < -0.39 is 0 Å². The Morgan fingerprint density at radius 1 is 1.21 bits per heavy atom. The third kappa shape index (κ3) is 1.38. The van der Waals surface area contributed by atoms with E-state index in [2.05, 4.69) is 20.9 Å². The molecule has 1 aromatic heterocycles. The molecule has 2 rings (SSSR count). The van der Waals surface area contributed by atoms with Crippen molar-refractivity contribution in [2.45, 2.75) is 13.8 Å². The Kier molecular flexibility index (Phi) is 2.19. The molecule has 14 heavy (non-hydrogen) atoms. The first-order chi connectivity index (χ1) is 6.59. The number of H-pyrrole nitrogens is 1. The lowest BCUT2D eigenvalue weighted by molar-refractivity contribution is 1.15. The van der Waals surface area contributed by atoms with Crippen molar-refractivity contribution in [2.24, 2.45) is 0 Å². The van der Waals surface area contributed by atoms with Crippen LogP contribution < -0.4 is 5.56 Å². The van der Waals surface area contributed by atoms with Gasteiger partial charge in [-0.2, -0.15) is 0 Å². The number of hydrogen-bond donors (Lipinski definition) is 1. The molecule has 2 nitrogen and oxygen atoms in total. The van der Waals surface area contributed by atoms with Gasteiger partial charge in [0, 0.05) is 20.9 Å². The van der Waals surface area contributed by atoms with Crippen LogP contribution in [0.5, 0.6) is 0 Å². The number of aromatic amines is 1. The van der Waals surface area contributed by atoms with Crippen LogP contribution in [-0.2, 0) is 0 Å². The van der Waals surface area contributed by atoms with E-state index >= 15 is 0 Å². The van der Waals surface area contributed by atoms with Crippen molar-refractivity contribution in [1.29, 1.82) is 0 Å². The number of halogens is 1. The molecular weight excluding hydrogens is 242 g/mol. The summed E-state index contributed by atoms with van der Waals surface area (Å²) >= 11 is 3.47. The third-order valence-electron chi connectivity index (χ3n) is 2.29. The smallest absolute Gasteiger partial charge is 0.256 e. The Bertz CT molecular complexity index is 557. The van der Waals surface area contributed by atoms with Gasteiger partial charge in [-0.05, 0) is 35.8 Å². The molecular formula is C11H10BrNO. The summed E-state index contributed by atoms with van der Waals surface area (Å²) in [5.41, 5.74) is 1.94. The molecule has 0 aliphatic rings. The van der Waals surface area contributed by atoms with Gasteiger partial charge < -0.3 is 4.98 Å². The van der Waals surface area contributed by atoms with Gasteiger partial charge in [0.05, 0.1) is 0 Å². The Morgan fingerprint density at radius 2 is 1.93 bits per heavy atom. The van der Waals surface area contributed by atoms with Crippen molar-refractivity contribution in [1.82, 2.24) is 4.98 Å². The Morgan fingerprint density at radius 3 is 2.64 bits per heavy atom. The first-order valence-corrected chi connectivity index (χ1v) is 5.17. The van der Waals surface area contributed by atoms with Crippen molar-refractivity contribution in [2.75, 3.05) is 0 Å². The van der Waals surface area contributed by atoms with Crippen molar-refractivity contribution in [3.05, 3.63) is 44.3 Å². The fourth-order valence-electron chi connectivity index (χ4n) is 1.53. The maximum atomic E-state index is 11.6. The predicted molar refractivity (Wildman–Crippen MR) is 61.7 cm³/mol. The van der Waals surface area contributed by atoms with Crippen molar-refractivity contribution < 1.29 is 0 Å². The number of hydrogen-bond acceptors (Lipinski definition) is 1. The number of aromatic nitrogens is 1. The molecule has 0 unspecified atom stereocenters. The highest BCUT2D eigenvalue weighted by atomic mass is 79.9. The summed E-state index contributed by atoms with van der Waals surface area (Å²) in [4.78, 5) is 14.4. The van der Waals surface area contributed by atoms with Gasteiger partial charge in [-0.1, -0.05) is 17.7 Å². The molecule has 1 N–H and O–H groups in total. The second-order valence-electron chi connectivity index (χ2n) is 3.44. The lowest BCUT2D eigenvalue weighted by Gasteiger charge is -2.04. The largest absolute Gasteiger partial charge is 0.325 e. The van der Waals surface area contributed by atoms with Gasteiger partial charge in [0.1, 0.15) is 0 Å². The lowest BCUT2D eigenvalue weighted by Crippen LogP contribution is -2.08. The summed E-state index contributed by atoms with van der Waals surface area (Å²) in [7, 11) is 0. The van der Waals surface area contributed by atoms with Gasteiger partial charge in [-0.3, -0.25) is 4.79 Å². The fraction of sp³-hybridized carbons (Fsp3) is 0.182. The van der Waals surface area contributed by atoms with Gasteiger partial charge in [-0.15, -0.1) is 0 Å². The summed E-state index contributed by atoms with van der Waals surface area (Å²) < 4.78 is 0.965. The van der Waals surface area contributed by atoms with E-state index in [1.807, 2.05) is 32.0 Å². The van der Waals surface area contributed by atoms with Gasteiger partial charge >= 0.3 is 0 Å². The average molecular weight is 252 g/mol. The van der Waals surface area contributed by atoms with E-state index in [4.69, 9.17) is 0 Å². The standard InChI is InChI=1S/C11H10BrNO/c1-6-3-4-8-9(5-6)11(14)13-7(2)10(8)12/h3-5H,1-2H3,(H,13,14). The lowest BCUT2D eigenvalue weighted by atomic mass is 10.1. The van der Waals surface area contributed by atoms with Crippen LogP contribution >= 0.6 is 15.9 Å². The van der Waals surface area contributed by atoms with Crippen LogP contribution in [0.2, 0.25) is 0 Å².